The van der Waals surface area contributed by atoms with Crippen molar-refractivity contribution in [3.8, 4) is 11.8 Å². The standard InChI is InChI=1S/C21H24N2O2S/c1-16-5-3-6-18(11-16)13-23-9-8-22(17(2)21(23)25)14-20-12-19(15-26-20)7-4-10-24/h3,5-6,11-12,15,17,24H,8-10,13-14H2,1-2H3/t17-/m0/s1. The van der Waals surface area contributed by atoms with E-state index in [2.05, 4.69) is 41.9 Å². The lowest BCUT2D eigenvalue weighted by atomic mass is 10.1. The Bertz CT molecular complexity index is 834. The SMILES string of the molecule is Cc1cccc(CN2CCN(Cc3cc(C#CCO)cs3)[C@@H](C)C2=O)c1. The van der Waals surface area contributed by atoms with Gasteiger partial charge in [-0.3, -0.25) is 9.69 Å². The van der Waals surface area contributed by atoms with Gasteiger partial charge < -0.3 is 10.0 Å². The lowest BCUT2D eigenvalue weighted by molar-refractivity contribution is -0.142. The number of aliphatic hydroxyl groups excluding tert-OH is 1. The molecule has 1 N–H and O–H groups in total. The summed E-state index contributed by atoms with van der Waals surface area (Å²) < 4.78 is 0. The van der Waals surface area contributed by atoms with Crippen molar-refractivity contribution in [1.82, 2.24) is 9.80 Å². The van der Waals surface area contributed by atoms with Gasteiger partial charge in [-0.25, -0.2) is 0 Å². The Labute approximate surface area is 159 Å². The molecule has 1 amide bonds. The third-order valence-electron chi connectivity index (χ3n) is 4.65. The molecule has 2 heterocycles. The van der Waals surface area contributed by atoms with E-state index in [-0.39, 0.29) is 18.6 Å². The quantitative estimate of drug-likeness (QED) is 0.844. The molecule has 0 saturated carbocycles. The number of amides is 1. The molecule has 1 fully saturated rings. The molecule has 0 aliphatic carbocycles. The van der Waals surface area contributed by atoms with E-state index in [1.54, 1.807) is 11.3 Å². The van der Waals surface area contributed by atoms with Gasteiger partial charge in [-0.1, -0.05) is 41.7 Å². The molecule has 26 heavy (non-hydrogen) atoms. The highest BCUT2D eigenvalue weighted by Crippen LogP contribution is 2.21. The normalized spacial score (nSPS) is 17.9. The first-order chi connectivity index (χ1) is 12.6. The minimum Gasteiger partial charge on any atom is -0.384 e. The van der Waals surface area contributed by atoms with E-state index in [0.717, 1.165) is 25.2 Å². The van der Waals surface area contributed by atoms with Crippen molar-refractivity contribution in [1.29, 1.82) is 0 Å². The molecule has 4 nitrogen and oxygen atoms in total. The second-order valence-electron chi connectivity index (χ2n) is 6.66. The number of benzene rings is 1. The first-order valence-corrected chi connectivity index (χ1v) is 9.70. The summed E-state index contributed by atoms with van der Waals surface area (Å²) in [4.78, 5) is 18.2. The third-order valence-corrected chi connectivity index (χ3v) is 5.58. The third kappa shape index (κ3) is 4.53. The summed E-state index contributed by atoms with van der Waals surface area (Å²) in [5.41, 5.74) is 3.33. The fourth-order valence-electron chi connectivity index (χ4n) is 3.25. The highest BCUT2D eigenvalue weighted by molar-refractivity contribution is 7.10. The first kappa shape index (κ1) is 18.7. The Morgan fingerprint density at radius 2 is 2.12 bits per heavy atom. The highest BCUT2D eigenvalue weighted by atomic mass is 32.1. The molecular formula is C21H24N2O2S. The average molecular weight is 369 g/mol. The van der Waals surface area contributed by atoms with Crippen LogP contribution in [0.4, 0.5) is 0 Å². The second-order valence-corrected chi connectivity index (χ2v) is 7.65. The lowest BCUT2D eigenvalue weighted by Crippen LogP contribution is -2.54. The van der Waals surface area contributed by atoms with Crippen LogP contribution in [0.5, 0.6) is 0 Å². The number of piperazine rings is 1. The van der Waals surface area contributed by atoms with Crippen molar-refractivity contribution in [3.05, 3.63) is 57.3 Å². The van der Waals surface area contributed by atoms with E-state index in [1.807, 2.05) is 29.3 Å². The van der Waals surface area contributed by atoms with Gasteiger partial charge in [-0.15, -0.1) is 11.3 Å². The van der Waals surface area contributed by atoms with E-state index in [4.69, 9.17) is 5.11 Å². The van der Waals surface area contributed by atoms with Crippen LogP contribution < -0.4 is 0 Å². The zero-order valence-electron chi connectivity index (χ0n) is 15.2. The van der Waals surface area contributed by atoms with E-state index in [1.165, 1.54) is 16.0 Å². The maximum Gasteiger partial charge on any atom is 0.239 e. The van der Waals surface area contributed by atoms with Gasteiger partial charge in [0, 0.05) is 42.0 Å². The Balaban J connectivity index is 1.61. The highest BCUT2D eigenvalue weighted by Gasteiger charge is 2.31. The van der Waals surface area contributed by atoms with Crippen LogP contribution in [-0.4, -0.2) is 46.6 Å². The smallest absolute Gasteiger partial charge is 0.239 e. The second kappa shape index (κ2) is 8.50. The van der Waals surface area contributed by atoms with Crippen LogP contribution in [0, 0.1) is 18.8 Å². The molecule has 3 rings (SSSR count). The number of carbonyl (C=O) groups is 1. The summed E-state index contributed by atoms with van der Waals surface area (Å²) in [7, 11) is 0. The van der Waals surface area contributed by atoms with Crippen molar-refractivity contribution < 1.29 is 9.90 Å². The number of aliphatic hydroxyl groups is 1. The minimum absolute atomic E-state index is 0.123. The molecule has 0 bridgehead atoms. The van der Waals surface area contributed by atoms with Crippen molar-refractivity contribution in [3.63, 3.8) is 0 Å². The molecular weight excluding hydrogens is 344 g/mol. The fourth-order valence-corrected chi connectivity index (χ4v) is 4.09. The number of nitrogens with zero attached hydrogens (tertiary/aromatic N) is 2. The molecule has 1 saturated heterocycles. The van der Waals surface area contributed by atoms with Gasteiger partial charge in [0.25, 0.3) is 0 Å². The first-order valence-electron chi connectivity index (χ1n) is 8.82. The minimum atomic E-state index is -0.125. The van der Waals surface area contributed by atoms with Crippen LogP contribution in [0.2, 0.25) is 0 Å². The molecule has 0 radical (unpaired) electrons. The lowest BCUT2D eigenvalue weighted by Gasteiger charge is -2.39. The molecule has 1 atom stereocenters. The number of hydrogen-bond donors (Lipinski definition) is 1. The van der Waals surface area contributed by atoms with Gasteiger partial charge in [0.15, 0.2) is 0 Å². The maximum atomic E-state index is 12.8. The summed E-state index contributed by atoms with van der Waals surface area (Å²) in [6.45, 7) is 7.00. The molecule has 5 heteroatoms. The summed E-state index contributed by atoms with van der Waals surface area (Å²) in [5.74, 6) is 5.79. The van der Waals surface area contributed by atoms with Crippen molar-refractivity contribution >= 4 is 17.2 Å². The number of carbonyl (C=O) groups excluding carboxylic acids is 1. The van der Waals surface area contributed by atoms with Gasteiger partial charge in [0.05, 0.1) is 6.04 Å². The van der Waals surface area contributed by atoms with Gasteiger partial charge in [0.2, 0.25) is 5.91 Å². The Morgan fingerprint density at radius 1 is 1.27 bits per heavy atom. The molecule has 1 aliphatic rings. The van der Waals surface area contributed by atoms with E-state index < -0.39 is 0 Å². The molecule has 136 valence electrons. The number of aryl methyl sites for hydroxylation is 1. The number of thiophene rings is 1. The zero-order chi connectivity index (χ0) is 18.5. The Morgan fingerprint density at radius 3 is 2.88 bits per heavy atom. The van der Waals surface area contributed by atoms with Crippen LogP contribution in [0.3, 0.4) is 0 Å². The number of rotatable bonds is 4. The summed E-state index contributed by atoms with van der Waals surface area (Å²) in [5, 5.41) is 10.8. The van der Waals surface area contributed by atoms with Gasteiger partial charge >= 0.3 is 0 Å². The zero-order valence-corrected chi connectivity index (χ0v) is 16.1. The molecule has 0 spiro atoms. The van der Waals surface area contributed by atoms with Crippen LogP contribution in [-0.2, 0) is 17.9 Å². The molecule has 0 unspecified atom stereocenters. The van der Waals surface area contributed by atoms with Crippen molar-refractivity contribution in [2.24, 2.45) is 0 Å². The number of hydrogen-bond acceptors (Lipinski definition) is 4. The summed E-state index contributed by atoms with van der Waals surface area (Å²) in [6.07, 6.45) is 0. The van der Waals surface area contributed by atoms with Gasteiger partial charge in [0.1, 0.15) is 6.61 Å². The van der Waals surface area contributed by atoms with E-state index >= 15 is 0 Å². The van der Waals surface area contributed by atoms with Crippen LogP contribution in [0.15, 0.2) is 35.7 Å². The average Bonchev–Trinajstić information content (AvgIpc) is 3.07. The fraction of sp³-hybridized carbons (Fsp3) is 0.381. The predicted octanol–water partition coefficient (Wildman–Crippen LogP) is 2.63. The molecule has 1 aromatic heterocycles. The van der Waals surface area contributed by atoms with Crippen molar-refractivity contribution in [2.45, 2.75) is 33.0 Å². The Kier molecular flexibility index (Phi) is 6.10. The topological polar surface area (TPSA) is 43.8 Å². The van der Waals surface area contributed by atoms with E-state index in [0.29, 0.717) is 6.54 Å². The molecule has 2 aromatic rings. The van der Waals surface area contributed by atoms with Gasteiger partial charge in [-0.2, -0.15) is 0 Å². The monoisotopic (exact) mass is 368 g/mol. The largest absolute Gasteiger partial charge is 0.384 e. The van der Waals surface area contributed by atoms with E-state index in [9.17, 15) is 4.79 Å². The van der Waals surface area contributed by atoms with Gasteiger partial charge in [-0.05, 0) is 25.5 Å². The summed E-state index contributed by atoms with van der Waals surface area (Å²) in [6, 6.07) is 10.3. The van der Waals surface area contributed by atoms with Crippen LogP contribution in [0.1, 0.15) is 28.5 Å². The van der Waals surface area contributed by atoms with Crippen LogP contribution >= 0.6 is 11.3 Å². The Hall–Kier alpha value is -2.13. The molecule has 1 aliphatic heterocycles. The van der Waals surface area contributed by atoms with Crippen LogP contribution in [0.25, 0.3) is 0 Å². The predicted molar refractivity (Wildman–Crippen MR) is 105 cm³/mol. The molecule has 1 aromatic carbocycles. The van der Waals surface area contributed by atoms with Crippen molar-refractivity contribution in [2.75, 3.05) is 19.7 Å². The maximum absolute atomic E-state index is 12.8. The summed E-state index contributed by atoms with van der Waals surface area (Å²) >= 11 is 1.65.